The summed E-state index contributed by atoms with van der Waals surface area (Å²) in [5.74, 6) is 3.39. The van der Waals surface area contributed by atoms with Gasteiger partial charge in [0.25, 0.3) is 11.2 Å². The number of hydrogen-bond acceptors (Lipinski definition) is 3. The van der Waals surface area contributed by atoms with Crippen molar-refractivity contribution in [2.75, 3.05) is 0 Å². The van der Waals surface area contributed by atoms with Crippen molar-refractivity contribution in [3.63, 3.8) is 0 Å². The Morgan fingerprint density at radius 2 is 0.844 bits per heavy atom. The zero-order valence-corrected chi connectivity index (χ0v) is 15.6. The van der Waals surface area contributed by atoms with E-state index in [4.69, 9.17) is 0 Å². The predicted octanol–water partition coefficient (Wildman–Crippen LogP) is 4.43. The number of aliphatic hydroxyl groups is 3. The Hall–Kier alpha value is -2.18. The van der Waals surface area contributed by atoms with Gasteiger partial charge in [-0.15, -0.1) is 0 Å². The average Bonchev–Trinajstić information content (AvgIpc) is 2.53. The van der Waals surface area contributed by atoms with Gasteiger partial charge in [-0.25, -0.2) is 0 Å². The maximum Gasteiger partial charge on any atom is 0.430 e. The molecule has 0 saturated carbocycles. The van der Waals surface area contributed by atoms with Crippen molar-refractivity contribution in [2.24, 2.45) is 0 Å². The molecule has 0 unspecified atom stereocenters. The van der Waals surface area contributed by atoms with E-state index < -0.39 is 64.3 Å². The Morgan fingerprint density at radius 1 is 0.562 bits per heavy atom. The molecular weight excluding hydrogens is 480 g/mol. The molecule has 0 bridgehead atoms. The minimum atomic E-state index is -6.67. The van der Waals surface area contributed by atoms with Gasteiger partial charge >= 0.3 is 24.7 Å². The third kappa shape index (κ3) is 4.91. The number of hydrogen-bond donors (Lipinski definition) is 3. The summed E-state index contributed by atoms with van der Waals surface area (Å²) in [6.45, 7) is 1.85. The quantitative estimate of drug-likeness (QED) is 0.423. The second kappa shape index (κ2) is 7.70. The fourth-order valence-electron chi connectivity index (χ4n) is 2.32. The minimum absolute atomic E-state index is 0.267. The minimum Gasteiger partial charge on any atom is -0.378 e. The van der Waals surface area contributed by atoms with Crippen molar-refractivity contribution < 1.29 is 68.0 Å². The van der Waals surface area contributed by atoms with Gasteiger partial charge in [0.1, 0.15) is 5.60 Å². The molecule has 0 aliphatic carbocycles. The lowest BCUT2D eigenvalue weighted by Crippen LogP contribution is -2.55. The summed E-state index contributed by atoms with van der Waals surface area (Å²) in [6.07, 6.45) is -26.7. The van der Waals surface area contributed by atoms with Crippen LogP contribution < -0.4 is 0 Å². The lowest BCUT2D eigenvalue weighted by Gasteiger charge is -2.36. The molecule has 0 atom stereocenters. The van der Waals surface area contributed by atoms with E-state index in [9.17, 15) is 68.0 Å². The van der Waals surface area contributed by atoms with Gasteiger partial charge in [0.15, 0.2) is 0 Å². The first-order chi connectivity index (χ1) is 13.8. The summed E-state index contributed by atoms with van der Waals surface area (Å²) in [4.78, 5) is 0. The topological polar surface area (TPSA) is 60.7 Å². The van der Waals surface area contributed by atoms with E-state index in [2.05, 4.69) is 0 Å². The molecule has 0 aliphatic heterocycles. The molecule has 0 radical (unpaired) electrons. The predicted molar refractivity (Wildman–Crippen MR) is 81.6 cm³/mol. The van der Waals surface area contributed by atoms with Gasteiger partial charge < -0.3 is 15.3 Å². The van der Waals surface area contributed by atoms with Crippen molar-refractivity contribution in [1.29, 1.82) is 0 Å². The highest BCUT2D eigenvalue weighted by molar-refractivity contribution is 5.47. The standard InChI is InChI=1S/C17H12F12O3/c1-11(2,30)4-3-8-5-9(12(31,14(18,19)20)15(21,22)23)7-10(6-8)13(32,16(24,25)26)17(27,28)29/h5-7,30-32H,1-2H3. The Morgan fingerprint density at radius 3 is 1.06 bits per heavy atom. The van der Waals surface area contributed by atoms with E-state index in [1.165, 1.54) is 0 Å². The molecule has 32 heavy (non-hydrogen) atoms. The van der Waals surface area contributed by atoms with Gasteiger partial charge in [0.05, 0.1) is 0 Å². The molecule has 0 fully saturated rings. The van der Waals surface area contributed by atoms with Crippen LogP contribution in [0.5, 0.6) is 0 Å². The summed E-state index contributed by atoms with van der Waals surface area (Å²) in [5.41, 5.74) is -20.3. The smallest absolute Gasteiger partial charge is 0.378 e. The number of halogens is 12. The largest absolute Gasteiger partial charge is 0.430 e. The SMILES string of the molecule is CC(C)(O)C#Cc1cc(C(O)(C(F)(F)F)C(F)(F)F)cc(C(O)(C(F)(F)F)C(F)(F)F)c1. The van der Waals surface area contributed by atoms with Crippen LogP contribution in [-0.2, 0) is 11.2 Å². The average molecular weight is 492 g/mol. The van der Waals surface area contributed by atoms with Crippen molar-refractivity contribution in [3.05, 3.63) is 34.9 Å². The first-order valence-corrected chi connectivity index (χ1v) is 7.92. The van der Waals surface area contributed by atoms with Crippen LogP contribution in [0.15, 0.2) is 18.2 Å². The van der Waals surface area contributed by atoms with E-state index in [1.54, 1.807) is 11.8 Å². The molecule has 0 spiro atoms. The lowest BCUT2D eigenvalue weighted by molar-refractivity contribution is -0.378. The van der Waals surface area contributed by atoms with Crippen LogP contribution in [0, 0.1) is 11.8 Å². The number of alkyl halides is 12. The maximum absolute atomic E-state index is 13.1. The molecule has 0 aliphatic rings. The third-order valence-electron chi connectivity index (χ3n) is 3.92. The van der Waals surface area contributed by atoms with Crippen molar-refractivity contribution in [2.45, 2.75) is 55.4 Å². The first-order valence-electron chi connectivity index (χ1n) is 7.92. The van der Waals surface area contributed by atoms with Crippen LogP contribution in [0.4, 0.5) is 52.7 Å². The van der Waals surface area contributed by atoms with Gasteiger partial charge in [-0.3, -0.25) is 0 Å². The molecule has 1 aromatic carbocycles. The van der Waals surface area contributed by atoms with E-state index in [0.717, 1.165) is 13.8 Å². The molecule has 15 heteroatoms. The Kier molecular flexibility index (Phi) is 6.70. The molecule has 1 aromatic rings. The molecular formula is C17H12F12O3. The summed E-state index contributed by atoms with van der Waals surface area (Å²) in [5, 5.41) is 28.3. The highest BCUT2D eigenvalue weighted by Crippen LogP contribution is 2.54. The Bertz CT molecular complexity index is 821. The summed E-state index contributed by atoms with van der Waals surface area (Å²) < 4.78 is 158. The molecule has 1 rings (SSSR count). The zero-order valence-electron chi connectivity index (χ0n) is 15.6. The van der Waals surface area contributed by atoms with Crippen molar-refractivity contribution in [3.8, 4) is 11.8 Å². The maximum atomic E-state index is 13.1. The molecule has 0 heterocycles. The van der Waals surface area contributed by atoms with Gasteiger partial charge in [0.2, 0.25) is 0 Å². The fourth-order valence-corrected chi connectivity index (χ4v) is 2.32. The zero-order chi connectivity index (χ0) is 25.8. The van der Waals surface area contributed by atoms with Crippen LogP contribution in [0.3, 0.4) is 0 Å². The van der Waals surface area contributed by atoms with E-state index >= 15 is 0 Å². The monoisotopic (exact) mass is 492 g/mol. The Labute approximate surface area is 171 Å². The molecule has 3 N–H and O–H groups in total. The number of rotatable bonds is 2. The summed E-state index contributed by atoms with van der Waals surface area (Å²) in [6, 6.07) is -1.45. The molecule has 0 amide bonds. The van der Waals surface area contributed by atoms with Gasteiger partial charge in [-0.1, -0.05) is 11.8 Å². The van der Waals surface area contributed by atoms with Crippen LogP contribution >= 0.6 is 0 Å². The fraction of sp³-hybridized carbons (Fsp3) is 0.529. The molecule has 0 aromatic heterocycles. The highest BCUT2D eigenvalue weighted by Gasteiger charge is 2.74. The number of benzene rings is 1. The second-order valence-corrected chi connectivity index (χ2v) is 7.02. The van der Waals surface area contributed by atoms with E-state index in [1.807, 2.05) is 0 Å². The van der Waals surface area contributed by atoms with Gasteiger partial charge in [-0.05, 0) is 32.0 Å². The van der Waals surface area contributed by atoms with Crippen LogP contribution in [-0.4, -0.2) is 45.6 Å². The van der Waals surface area contributed by atoms with Crippen LogP contribution in [0.1, 0.15) is 30.5 Å². The van der Waals surface area contributed by atoms with Crippen molar-refractivity contribution >= 4 is 0 Å². The van der Waals surface area contributed by atoms with Crippen molar-refractivity contribution in [1.82, 2.24) is 0 Å². The van der Waals surface area contributed by atoms with Crippen LogP contribution in [0.25, 0.3) is 0 Å². The van der Waals surface area contributed by atoms with E-state index in [0.29, 0.717) is 0 Å². The lowest BCUT2D eigenvalue weighted by atomic mass is 9.84. The van der Waals surface area contributed by atoms with Gasteiger partial charge in [-0.2, -0.15) is 52.7 Å². The van der Waals surface area contributed by atoms with Crippen LogP contribution in [0.2, 0.25) is 0 Å². The normalized spacial score (nSPS) is 14.8. The molecule has 182 valence electrons. The second-order valence-electron chi connectivity index (χ2n) is 7.02. The Balaban J connectivity index is 4.19. The molecule has 3 nitrogen and oxygen atoms in total. The van der Waals surface area contributed by atoms with Gasteiger partial charge in [0, 0.05) is 16.7 Å². The summed E-state index contributed by atoms with van der Waals surface area (Å²) in [7, 11) is 0. The van der Waals surface area contributed by atoms with E-state index in [-0.39, 0.29) is 12.1 Å². The third-order valence-corrected chi connectivity index (χ3v) is 3.92. The highest BCUT2D eigenvalue weighted by atomic mass is 19.4. The summed E-state index contributed by atoms with van der Waals surface area (Å²) >= 11 is 0. The molecule has 0 saturated heterocycles. The first kappa shape index (κ1) is 27.9.